The molecule has 0 saturated carbocycles. The molecule has 1 N–H and O–H groups in total. The van der Waals surface area contributed by atoms with Gasteiger partial charge in [0.15, 0.2) is 0 Å². The van der Waals surface area contributed by atoms with Gasteiger partial charge in [0.25, 0.3) is 0 Å². The van der Waals surface area contributed by atoms with Crippen molar-refractivity contribution in [3.63, 3.8) is 0 Å². The van der Waals surface area contributed by atoms with Gasteiger partial charge >= 0.3 is 0 Å². The van der Waals surface area contributed by atoms with Gasteiger partial charge < -0.3 is 5.32 Å². The van der Waals surface area contributed by atoms with Gasteiger partial charge in [0.2, 0.25) is 0 Å². The standard InChI is InChI=1S/C10H10ClN3/c1-13-4-2-3-9-5-8(6-12)7-14-10(9)11/h2-3,5,7,13H,4H2,1H3. The van der Waals surface area contributed by atoms with Gasteiger partial charge in [-0.2, -0.15) is 5.26 Å². The zero-order valence-corrected chi connectivity index (χ0v) is 8.54. The Kier molecular flexibility index (Phi) is 4.11. The van der Waals surface area contributed by atoms with E-state index in [4.69, 9.17) is 16.9 Å². The third-order valence-electron chi connectivity index (χ3n) is 1.61. The van der Waals surface area contributed by atoms with Gasteiger partial charge in [-0.25, -0.2) is 4.98 Å². The second kappa shape index (κ2) is 5.38. The van der Waals surface area contributed by atoms with Crippen LogP contribution in [-0.2, 0) is 0 Å². The van der Waals surface area contributed by atoms with E-state index in [0.717, 1.165) is 12.1 Å². The summed E-state index contributed by atoms with van der Waals surface area (Å²) in [5.41, 5.74) is 1.28. The van der Waals surface area contributed by atoms with Crippen LogP contribution in [0.4, 0.5) is 0 Å². The highest BCUT2D eigenvalue weighted by Crippen LogP contribution is 2.15. The third kappa shape index (κ3) is 2.84. The maximum atomic E-state index is 8.66. The van der Waals surface area contributed by atoms with Crippen LogP contribution in [0, 0.1) is 11.3 Å². The normalized spacial score (nSPS) is 10.4. The second-order valence-corrected chi connectivity index (χ2v) is 3.03. The molecule has 4 heteroatoms. The molecule has 0 amide bonds. The second-order valence-electron chi connectivity index (χ2n) is 2.68. The number of rotatable bonds is 3. The molecular weight excluding hydrogens is 198 g/mol. The van der Waals surface area contributed by atoms with E-state index in [1.165, 1.54) is 6.20 Å². The average Bonchev–Trinajstić information content (AvgIpc) is 2.21. The Bertz CT molecular complexity index is 379. The van der Waals surface area contributed by atoms with Crippen molar-refractivity contribution >= 4 is 17.7 Å². The van der Waals surface area contributed by atoms with Crippen LogP contribution in [0.3, 0.4) is 0 Å². The summed E-state index contributed by atoms with van der Waals surface area (Å²) in [4.78, 5) is 3.90. The number of hydrogen-bond donors (Lipinski definition) is 1. The van der Waals surface area contributed by atoms with E-state index in [0.29, 0.717) is 10.7 Å². The lowest BCUT2D eigenvalue weighted by molar-refractivity contribution is 0.922. The summed E-state index contributed by atoms with van der Waals surface area (Å²) in [7, 11) is 1.86. The van der Waals surface area contributed by atoms with Gasteiger partial charge in [0, 0.05) is 18.3 Å². The molecule has 14 heavy (non-hydrogen) atoms. The molecule has 0 spiro atoms. The van der Waals surface area contributed by atoms with E-state index >= 15 is 0 Å². The van der Waals surface area contributed by atoms with Gasteiger partial charge in [-0.15, -0.1) is 0 Å². The zero-order valence-electron chi connectivity index (χ0n) is 7.79. The Hall–Kier alpha value is -1.37. The van der Waals surface area contributed by atoms with E-state index in [2.05, 4.69) is 10.3 Å². The molecule has 0 aliphatic heterocycles. The quantitative estimate of drug-likeness (QED) is 0.770. The first-order valence-electron chi connectivity index (χ1n) is 4.14. The molecule has 1 heterocycles. The molecule has 0 aliphatic carbocycles. The minimum Gasteiger partial charge on any atom is -0.316 e. The zero-order chi connectivity index (χ0) is 10.4. The first-order valence-corrected chi connectivity index (χ1v) is 4.52. The van der Waals surface area contributed by atoms with Crippen LogP contribution in [0.5, 0.6) is 0 Å². The van der Waals surface area contributed by atoms with E-state index in [1.807, 2.05) is 25.3 Å². The van der Waals surface area contributed by atoms with E-state index in [1.54, 1.807) is 6.07 Å². The number of halogens is 1. The van der Waals surface area contributed by atoms with Gasteiger partial charge in [0.05, 0.1) is 5.56 Å². The molecule has 0 aliphatic rings. The van der Waals surface area contributed by atoms with Crippen molar-refractivity contribution in [3.8, 4) is 6.07 Å². The summed E-state index contributed by atoms with van der Waals surface area (Å²) >= 11 is 5.84. The highest BCUT2D eigenvalue weighted by Gasteiger charge is 1.99. The van der Waals surface area contributed by atoms with Gasteiger partial charge in [-0.3, -0.25) is 0 Å². The van der Waals surface area contributed by atoms with Crippen molar-refractivity contribution in [1.29, 1.82) is 5.26 Å². The van der Waals surface area contributed by atoms with Crippen LogP contribution in [0.25, 0.3) is 6.08 Å². The monoisotopic (exact) mass is 207 g/mol. The molecule has 1 rings (SSSR count). The molecule has 0 aromatic carbocycles. The van der Waals surface area contributed by atoms with Crippen LogP contribution in [0.15, 0.2) is 18.3 Å². The highest BCUT2D eigenvalue weighted by molar-refractivity contribution is 6.30. The van der Waals surface area contributed by atoms with Gasteiger partial charge in [-0.05, 0) is 13.1 Å². The molecule has 0 atom stereocenters. The number of nitrogens with one attached hydrogen (secondary N) is 1. The number of likely N-dealkylation sites (N-methyl/N-ethyl adjacent to an activating group) is 1. The van der Waals surface area contributed by atoms with Crippen molar-refractivity contribution in [1.82, 2.24) is 10.3 Å². The molecule has 1 aromatic heterocycles. The topological polar surface area (TPSA) is 48.7 Å². The van der Waals surface area contributed by atoms with Crippen LogP contribution < -0.4 is 5.32 Å². The van der Waals surface area contributed by atoms with E-state index in [9.17, 15) is 0 Å². The summed E-state index contributed by atoms with van der Waals surface area (Å²) in [5, 5.41) is 12.0. The SMILES string of the molecule is CNCC=Cc1cc(C#N)cnc1Cl. The molecule has 0 saturated heterocycles. The van der Waals surface area contributed by atoms with Crippen LogP contribution in [-0.4, -0.2) is 18.6 Å². The average molecular weight is 208 g/mol. The Labute approximate surface area is 88.0 Å². The lowest BCUT2D eigenvalue weighted by atomic mass is 10.2. The molecular formula is C10H10ClN3. The van der Waals surface area contributed by atoms with Crippen molar-refractivity contribution in [2.45, 2.75) is 0 Å². The fourth-order valence-electron chi connectivity index (χ4n) is 0.947. The van der Waals surface area contributed by atoms with Crippen molar-refractivity contribution in [2.24, 2.45) is 0 Å². The number of nitriles is 1. The van der Waals surface area contributed by atoms with Crippen molar-refractivity contribution < 1.29 is 0 Å². The number of nitrogens with zero attached hydrogens (tertiary/aromatic N) is 2. The summed E-state index contributed by atoms with van der Waals surface area (Å²) in [6.45, 7) is 0.757. The summed E-state index contributed by atoms with van der Waals surface area (Å²) in [6.07, 6.45) is 5.22. The van der Waals surface area contributed by atoms with Crippen LogP contribution in [0.2, 0.25) is 5.15 Å². The Morgan fingerprint density at radius 2 is 2.50 bits per heavy atom. The maximum absolute atomic E-state index is 8.66. The Morgan fingerprint density at radius 1 is 1.71 bits per heavy atom. The fourth-order valence-corrected chi connectivity index (χ4v) is 1.11. The molecule has 3 nitrogen and oxygen atoms in total. The van der Waals surface area contributed by atoms with Gasteiger partial charge in [-0.1, -0.05) is 23.8 Å². The lowest BCUT2D eigenvalue weighted by Crippen LogP contribution is -2.03. The molecule has 0 fully saturated rings. The van der Waals surface area contributed by atoms with Crippen LogP contribution in [0.1, 0.15) is 11.1 Å². The smallest absolute Gasteiger partial charge is 0.136 e. The highest BCUT2D eigenvalue weighted by atomic mass is 35.5. The molecule has 0 radical (unpaired) electrons. The predicted molar refractivity (Wildman–Crippen MR) is 56.9 cm³/mol. The first-order chi connectivity index (χ1) is 6.77. The number of aromatic nitrogens is 1. The molecule has 1 aromatic rings. The predicted octanol–water partition coefficient (Wildman–Crippen LogP) is 1.84. The van der Waals surface area contributed by atoms with Crippen molar-refractivity contribution in [3.05, 3.63) is 34.6 Å². The summed E-state index contributed by atoms with van der Waals surface area (Å²) < 4.78 is 0. The fraction of sp³-hybridized carbons (Fsp3) is 0.200. The van der Waals surface area contributed by atoms with Crippen molar-refractivity contribution in [2.75, 3.05) is 13.6 Å². The maximum Gasteiger partial charge on any atom is 0.136 e. The molecule has 0 unspecified atom stereocenters. The summed E-state index contributed by atoms with van der Waals surface area (Å²) in [6, 6.07) is 3.72. The van der Waals surface area contributed by atoms with E-state index < -0.39 is 0 Å². The lowest BCUT2D eigenvalue weighted by Gasteiger charge is -1.97. The molecule has 72 valence electrons. The third-order valence-corrected chi connectivity index (χ3v) is 1.93. The first kappa shape index (κ1) is 10.7. The van der Waals surface area contributed by atoms with Crippen LogP contribution >= 0.6 is 11.6 Å². The Balaban J connectivity index is 2.90. The minimum absolute atomic E-state index is 0.413. The largest absolute Gasteiger partial charge is 0.316 e. The number of hydrogen-bond acceptors (Lipinski definition) is 3. The summed E-state index contributed by atoms with van der Waals surface area (Å²) in [5.74, 6) is 0. The number of pyridine rings is 1. The molecule has 0 bridgehead atoms. The van der Waals surface area contributed by atoms with Gasteiger partial charge in [0.1, 0.15) is 11.2 Å². The van der Waals surface area contributed by atoms with E-state index in [-0.39, 0.29) is 0 Å². The minimum atomic E-state index is 0.413. The Morgan fingerprint density at radius 3 is 3.14 bits per heavy atom.